The second-order valence-corrected chi connectivity index (χ2v) is 4.90. The fourth-order valence-corrected chi connectivity index (χ4v) is 2.11. The van der Waals surface area contributed by atoms with E-state index in [2.05, 4.69) is 10.6 Å². The lowest BCUT2D eigenvalue weighted by molar-refractivity contribution is 0.262. The Morgan fingerprint density at radius 3 is 2.33 bits per heavy atom. The summed E-state index contributed by atoms with van der Waals surface area (Å²) in [6.45, 7) is 1.80. The predicted octanol–water partition coefficient (Wildman–Crippen LogP) is 3.67. The maximum absolute atomic E-state index is 13.1. The number of anilines is 2. The Hall–Kier alpha value is -3.27. The van der Waals surface area contributed by atoms with Crippen LogP contribution in [0.3, 0.4) is 0 Å². The summed E-state index contributed by atoms with van der Waals surface area (Å²) in [5, 5.41) is 14.2. The molecule has 0 aliphatic heterocycles. The summed E-state index contributed by atoms with van der Waals surface area (Å²) in [6.07, 6.45) is 0. The normalized spacial score (nSPS) is 9.79. The van der Waals surface area contributed by atoms with Crippen LogP contribution in [-0.4, -0.2) is 20.3 Å². The van der Waals surface area contributed by atoms with E-state index >= 15 is 0 Å². The number of carbonyl (C=O) groups excluding carboxylic acids is 1. The molecule has 124 valence electrons. The van der Waals surface area contributed by atoms with Crippen molar-refractivity contribution >= 4 is 17.4 Å². The van der Waals surface area contributed by atoms with Gasteiger partial charge in [-0.3, -0.25) is 0 Å². The molecule has 24 heavy (non-hydrogen) atoms. The number of nitriles is 1. The number of nitrogens with zero attached hydrogens (tertiary/aromatic N) is 1. The average Bonchev–Trinajstić information content (AvgIpc) is 2.57. The van der Waals surface area contributed by atoms with Crippen molar-refractivity contribution in [2.24, 2.45) is 0 Å². The molecule has 2 aromatic carbocycles. The van der Waals surface area contributed by atoms with E-state index in [1.165, 1.54) is 20.3 Å². The minimum Gasteiger partial charge on any atom is -0.493 e. The Bertz CT molecular complexity index is 815. The number of halogens is 1. The molecule has 0 unspecified atom stereocenters. The largest absolute Gasteiger partial charge is 0.493 e. The molecule has 7 heteroatoms. The molecule has 2 rings (SSSR count). The van der Waals surface area contributed by atoms with E-state index in [9.17, 15) is 9.18 Å². The first kappa shape index (κ1) is 17.1. The summed E-state index contributed by atoms with van der Waals surface area (Å²) >= 11 is 0. The summed E-state index contributed by atoms with van der Waals surface area (Å²) in [7, 11) is 3.02. The van der Waals surface area contributed by atoms with E-state index in [-0.39, 0.29) is 11.3 Å². The van der Waals surface area contributed by atoms with Gasteiger partial charge in [0.1, 0.15) is 11.9 Å². The zero-order chi connectivity index (χ0) is 17.7. The number of ether oxygens (including phenoxy) is 2. The van der Waals surface area contributed by atoms with Crippen LogP contribution in [0.15, 0.2) is 30.3 Å². The first-order valence-electron chi connectivity index (χ1n) is 6.98. The van der Waals surface area contributed by atoms with E-state index in [0.717, 1.165) is 17.7 Å². The number of rotatable bonds is 4. The molecule has 0 atom stereocenters. The van der Waals surface area contributed by atoms with Gasteiger partial charge in [-0.2, -0.15) is 5.26 Å². The van der Waals surface area contributed by atoms with Crippen molar-refractivity contribution in [1.29, 1.82) is 5.26 Å². The summed E-state index contributed by atoms with van der Waals surface area (Å²) in [5.41, 5.74) is 1.54. The summed E-state index contributed by atoms with van der Waals surface area (Å²) in [6, 6.07) is 8.17. The lowest BCUT2D eigenvalue weighted by Gasteiger charge is -2.14. The van der Waals surface area contributed by atoms with Crippen LogP contribution in [0.2, 0.25) is 0 Å². The third-order valence-electron chi connectivity index (χ3n) is 3.33. The number of carbonyl (C=O) groups is 1. The Morgan fingerprint density at radius 2 is 1.71 bits per heavy atom. The molecule has 2 aromatic rings. The average molecular weight is 329 g/mol. The Labute approximate surface area is 138 Å². The molecular weight excluding hydrogens is 313 g/mol. The highest BCUT2D eigenvalue weighted by Gasteiger charge is 2.12. The van der Waals surface area contributed by atoms with Crippen LogP contribution in [0, 0.1) is 24.1 Å². The molecule has 0 heterocycles. The number of nitrogens with one attached hydrogen (secondary N) is 2. The molecule has 2 N–H and O–H groups in total. The molecule has 6 nitrogen and oxygen atoms in total. The number of benzene rings is 2. The highest BCUT2D eigenvalue weighted by molar-refractivity contribution is 6.01. The van der Waals surface area contributed by atoms with Crippen LogP contribution < -0.4 is 20.1 Å². The quantitative estimate of drug-likeness (QED) is 0.896. The standard InChI is InChI=1S/C17H16FN3O3/c1-10-6-15(23-2)16(24-3)8-14(10)21-17(22)20-13-5-4-12(18)7-11(13)9-19/h4-8H,1-3H3,(H2,20,21,22). The minimum atomic E-state index is -0.562. The van der Waals surface area contributed by atoms with Gasteiger partial charge >= 0.3 is 6.03 Å². The molecule has 0 fully saturated rings. The zero-order valence-corrected chi connectivity index (χ0v) is 13.4. The number of hydrogen-bond acceptors (Lipinski definition) is 4. The fourth-order valence-electron chi connectivity index (χ4n) is 2.11. The van der Waals surface area contributed by atoms with Gasteiger partial charge in [-0.1, -0.05) is 0 Å². The lowest BCUT2D eigenvalue weighted by atomic mass is 10.1. The van der Waals surface area contributed by atoms with Crippen LogP contribution in [0.25, 0.3) is 0 Å². The summed E-state index contributed by atoms with van der Waals surface area (Å²) < 4.78 is 23.5. The second-order valence-electron chi connectivity index (χ2n) is 4.90. The van der Waals surface area contributed by atoms with Crippen molar-refractivity contribution in [2.45, 2.75) is 6.92 Å². The van der Waals surface area contributed by atoms with Crippen LogP contribution in [0.5, 0.6) is 11.5 Å². The van der Waals surface area contributed by atoms with Gasteiger partial charge in [0.2, 0.25) is 0 Å². The van der Waals surface area contributed by atoms with Gasteiger partial charge in [-0.15, -0.1) is 0 Å². The lowest BCUT2D eigenvalue weighted by Crippen LogP contribution is -2.20. The summed E-state index contributed by atoms with van der Waals surface area (Å²) in [4.78, 5) is 12.1. The van der Waals surface area contributed by atoms with Crippen LogP contribution >= 0.6 is 0 Å². The Morgan fingerprint density at radius 1 is 1.08 bits per heavy atom. The smallest absolute Gasteiger partial charge is 0.323 e. The molecule has 0 spiro atoms. The molecule has 0 aliphatic rings. The van der Waals surface area contributed by atoms with Crippen molar-refractivity contribution in [1.82, 2.24) is 0 Å². The van der Waals surface area contributed by atoms with Crippen molar-refractivity contribution in [3.05, 3.63) is 47.3 Å². The molecule has 0 radical (unpaired) electrons. The first-order valence-corrected chi connectivity index (χ1v) is 6.98. The van der Waals surface area contributed by atoms with Crippen LogP contribution in [-0.2, 0) is 0 Å². The summed E-state index contributed by atoms with van der Waals surface area (Å²) in [5.74, 6) is 0.470. The maximum atomic E-state index is 13.1. The van der Waals surface area contributed by atoms with E-state index in [4.69, 9.17) is 14.7 Å². The third kappa shape index (κ3) is 3.73. The van der Waals surface area contributed by atoms with Gasteiger partial charge in [0.25, 0.3) is 0 Å². The van der Waals surface area contributed by atoms with Crippen molar-refractivity contribution < 1.29 is 18.7 Å². The molecule has 0 aromatic heterocycles. The second kappa shape index (κ2) is 7.33. The van der Waals surface area contributed by atoms with Crippen LogP contribution in [0.1, 0.15) is 11.1 Å². The maximum Gasteiger partial charge on any atom is 0.323 e. The number of hydrogen-bond donors (Lipinski definition) is 2. The number of amides is 2. The molecule has 0 saturated carbocycles. The molecular formula is C17H16FN3O3. The highest BCUT2D eigenvalue weighted by atomic mass is 19.1. The van der Waals surface area contributed by atoms with E-state index in [0.29, 0.717) is 17.2 Å². The van der Waals surface area contributed by atoms with Gasteiger partial charge in [-0.25, -0.2) is 9.18 Å². The highest BCUT2D eigenvalue weighted by Crippen LogP contribution is 2.33. The first-order chi connectivity index (χ1) is 11.5. The predicted molar refractivity (Wildman–Crippen MR) is 88.0 cm³/mol. The molecule has 0 saturated heterocycles. The van der Waals surface area contributed by atoms with Gasteiger partial charge in [0.05, 0.1) is 25.5 Å². The van der Waals surface area contributed by atoms with E-state index in [1.54, 1.807) is 19.1 Å². The van der Waals surface area contributed by atoms with E-state index in [1.807, 2.05) is 6.07 Å². The Kier molecular flexibility index (Phi) is 5.22. The van der Waals surface area contributed by atoms with Gasteiger partial charge in [-0.05, 0) is 36.8 Å². The molecule has 0 bridgehead atoms. The van der Waals surface area contributed by atoms with Crippen molar-refractivity contribution in [2.75, 3.05) is 24.9 Å². The topological polar surface area (TPSA) is 83.4 Å². The van der Waals surface area contributed by atoms with Gasteiger partial charge in [0, 0.05) is 11.8 Å². The SMILES string of the molecule is COc1cc(C)c(NC(=O)Nc2ccc(F)cc2C#N)cc1OC. The van der Waals surface area contributed by atoms with E-state index < -0.39 is 11.8 Å². The zero-order valence-electron chi connectivity index (χ0n) is 13.4. The molecule has 0 aliphatic carbocycles. The fraction of sp³-hybridized carbons (Fsp3) is 0.176. The third-order valence-corrected chi connectivity index (χ3v) is 3.33. The molecule has 2 amide bonds. The minimum absolute atomic E-state index is 0.0363. The van der Waals surface area contributed by atoms with Crippen molar-refractivity contribution in [3.8, 4) is 17.6 Å². The van der Waals surface area contributed by atoms with Crippen LogP contribution in [0.4, 0.5) is 20.6 Å². The number of methoxy groups -OCH3 is 2. The number of urea groups is 1. The number of aryl methyl sites for hydroxylation is 1. The van der Waals surface area contributed by atoms with Gasteiger partial charge in [0.15, 0.2) is 11.5 Å². The monoisotopic (exact) mass is 329 g/mol. The van der Waals surface area contributed by atoms with Crippen molar-refractivity contribution in [3.63, 3.8) is 0 Å². The Balaban J connectivity index is 2.20. The van der Waals surface area contributed by atoms with Gasteiger partial charge < -0.3 is 20.1 Å².